The molecule has 0 radical (unpaired) electrons. The van der Waals surface area contributed by atoms with Crippen LogP contribution in [0.15, 0.2) is 41.5 Å². The molecular weight excluding hydrogens is 467 g/mol. The summed E-state index contributed by atoms with van der Waals surface area (Å²) in [5.74, 6) is -1.17. The van der Waals surface area contributed by atoms with E-state index in [9.17, 15) is 17.6 Å². The number of hydrogen-bond donors (Lipinski definition) is 1. The number of sulfone groups is 1. The second-order valence-electron chi connectivity index (χ2n) is 9.10. The Labute approximate surface area is 197 Å². The fourth-order valence-corrected chi connectivity index (χ4v) is 7.18. The normalized spacial score (nSPS) is 24.4. The van der Waals surface area contributed by atoms with E-state index in [2.05, 4.69) is 14.9 Å². The molecule has 1 spiro atoms. The second-order valence-corrected chi connectivity index (χ2v) is 11.8. The number of aliphatic imine (C=N–C) groups is 1. The van der Waals surface area contributed by atoms with Gasteiger partial charge in [-0.1, -0.05) is 17.7 Å². The molecule has 2 aromatic rings. The summed E-state index contributed by atoms with van der Waals surface area (Å²) in [4.78, 5) is 23.3. The van der Waals surface area contributed by atoms with Crippen molar-refractivity contribution in [2.45, 2.75) is 36.5 Å². The third kappa shape index (κ3) is 4.29. The highest BCUT2D eigenvalue weighted by molar-refractivity contribution is 7.93. The molecule has 2 N–H and O–H groups in total. The van der Waals surface area contributed by atoms with E-state index in [4.69, 9.17) is 17.3 Å². The van der Waals surface area contributed by atoms with Gasteiger partial charge in [-0.15, -0.1) is 0 Å². The number of halogens is 2. The van der Waals surface area contributed by atoms with Crippen LogP contribution >= 0.6 is 11.6 Å². The third-order valence-corrected chi connectivity index (χ3v) is 9.66. The molecular formula is C23H26ClFN4O3S. The molecule has 0 unspecified atom stereocenters. The number of rotatable bonds is 4. The Kier molecular flexibility index (Phi) is 6.09. The van der Waals surface area contributed by atoms with Crippen LogP contribution in [0.1, 0.15) is 41.4 Å². The number of likely N-dealkylation sites (tertiary alicyclic amines) is 1. The Morgan fingerprint density at radius 3 is 2.55 bits per heavy atom. The molecule has 0 aliphatic carbocycles. The van der Waals surface area contributed by atoms with Gasteiger partial charge in [0.2, 0.25) is 0 Å². The summed E-state index contributed by atoms with van der Waals surface area (Å²) in [5, 5.41) is 0.417. The maximum atomic E-state index is 14.9. The van der Waals surface area contributed by atoms with Gasteiger partial charge in [0.15, 0.2) is 15.6 Å². The average Bonchev–Trinajstić information content (AvgIpc) is 2.74. The maximum Gasteiger partial charge on any atom is 0.185 e. The molecule has 1 aromatic carbocycles. The number of benzene rings is 1. The van der Waals surface area contributed by atoms with Crippen LogP contribution in [-0.2, 0) is 21.8 Å². The number of aromatic nitrogens is 1. The van der Waals surface area contributed by atoms with Crippen molar-refractivity contribution in [2.24, 2.45) is 10.7 Å². The Balaban J connectivity index is 1.68. The predicted molar refractivity (Wildman–Crippen MR) is 126 cm³/mol. The molecule has 1 saturated heterocycles. The highest BCUT2D eigenvalue weighted by atomic mass is 35.5. The second kappa shape index (κ2) is 8.45. The molecule has 4 rings (SSSR count). The maximum absolute atomic E-state index is 14.9. The van der Waals surface area contributed by atoms with Gasteiger partial charge >= 0.3 is 0 Å². The summed E-state index contributed by atoms with van der Waals surface area (Å²) in [6.07, 6.45) is 2.08. The number of piperidine rings is 1. The standard InChI is InChI=1S/C23H26ClFN4O3S/c1-22(14-33(31,32)23(21(26)28-22)7-9-29(2)10-8-23)17-11-15(3-5-18(17)25)12-20(30)19-6-4-16(24)13-27-19/h3-6,11,13H,7-10,12,14H2,1-2H3,(H2,26,28)/t22-/m0/s1. The Hall–Kier alpha value is -2.36. The first-order valence-electron chi connectivity index (χ1n) is 10.7. The molecule has 2 aliphatic rings. The number of hydrogen-bond acceptors (Lipinski definition) is 7. The SMILES string of the molecule is CN1CCC2(CC1)C(N)=N[C@](C)(c1cc(CC(=O)c3ccc(Cl)cn3)ccc1F)CS2(=O)=O. The topological polar surface area (TPSA) is 106 Å². The largest absolute Gasteiger partial charge is 0.386 e. The van der Waals surface area contributed by atoms with E-state index in [1.807, 2.05) is 7.05 Å². The lowest BCUT2D eigenvalue weighted by atomic mass is 9.89. The molecule has 0 bridgehead atoms. The van der Waals surface area contributed by atoms with E-state index in [-0.39, 0.29) is 35.0 Å². The Morgan fingerprint density at radius 1 is 1.24 bits per heavy atom. The Bertz CT molecular complexity index is 1220. The summed E-state index contributed by atoms with van der Waals surface area (Å²) in [7, 11) is -1.78. The first-order valence-corrected chi connectivity index (χ1v) is 12.7. The van der Waals surface area contributed by atoms with E-state index in [0.29, 0.717) is 36.5 Å². The van der Waals surface area contributed by atoms with Gasteiger partial charge in [0.25, 0.3) is 0 Å². The summed E-state index contributed by atoms with van der Waals surface area (Å²) in [6, 6.07) is 7.33. The van der Waals surface area contributed by atoms with Gasteiger partial charge in [-0.05, 0) is 69.7 Å². The minimum atomic E-state index is -3.71. The quantitative estimate of drug-likeness (QED) is 0.658. The summed E-state index contributed by atoms with van der Waals surface area (Å²) >= 11 is 5.82. The van der Waals surface area contributed by atoms with E-state index < -0.39 is 25.9 Å². The summed E-state index contributed by atoms with van der Waals surface area (Å²) < 4.78 is 40.7. The molecule has 33 heavy (non-hydrogen) atoms. The zero-order valence-corrected chi connectivity index (χ0v) is 20.1. The van der Waals surface area contributed by atoms with E-state index in [1.54, 1.807) is 13.0 Å². The number of nitrogens with two attached hydrogens (primary N) is 1. The molecule has 7 nitrogen and oxygen atoms in total. The van der Waals surface area contributed by atoms with Gasteiger partial charge in [-0.25, -0.2) is 12.8 Å². The summed E-state index contributed by atoms with van der Waals surface area (Å²) in [6.45, 7) is 2.76. The van der Waals surface area contributed by atoms with E-state index >= 15 is 0 Å². The fourth-order valence-electron chi connectivity index (χ4n) is 4.66. The number of carbonyl (C=O) groups excluding carboxylic acids is 1. The lowest BCUT2D eigenvalue weighted by Gasteiger charge is -2.45. The molecule has 3 heterocycles. The lowest BCUT2D eigenvalue weighted by molar-refractivity contribution is 0.0988. The molecule has 1 aromatic heterocycles. The van der Waals surface area contributed by atoms with Crippen LogP contribution in [0, 0.1) is 5.82 Å². The number of Topliss-reactive ketones (excluding diaryl/α,β-unsaturated/α-hetero) is 1. The first kappa shape index (κ1) is 23.8. The smallest absolute Gasteiger partial charge is 0.185 e. The molecule has 0 amide bonds. The van der Waals surface area contributed by atoms with Crippen molar-refractivity contribution in [1.29, 1.82) is 0 Å². The number of amidine groups is 1. The van der Waals surface area contributed by atoms with Crippen molar-refractivity contribution in [2.75, 3.05) is 25.9 Å². The van der Waals surface area contributed by atoms with Crippen molar-refractivity contribution in [3.05, 3.63) is 64.2 Å². The van der Waals surface area contributed by atoms with Gasteiger partial charge in [0.05, 0.1) is 10.8 Å². The number of carbonyl (C=O) groups is 1. The molecule has 1 atom stereocenters. The molecule has 1 fully saturated rings. The Morgan fingerprint density at radius 2 is 1.94 bits per heavy atom. The summed E-state index contributed by atoms with van der Waals surface area (Å²) in [5.41, 5.74) is 5.77. The van der Waals surface area contributed by atoms with Gasteiger partial charge < -0.3 is 10.6 Å². The monoisotopic (exact) mass is 492 g/mol. The lowest BCUT2D eigenvalue weighted by Crippen LogP contribution is -2.62. The van der Waals surface area contributed by atoms with Gasteiger partial charge in [-0.3, -0.25) is 14.8 Å². The molecule has 176 valence electrons. The van der Waals surface area contributed by atoms with Crippen molar-refractivity contribution >= 4 is 33.1 Å². The van der Waals surface area contributed by atoms with E-state index in [0.717, 1.165) is 0 Å². The van der Waals surface area contributed by atoms with Crippen LogP contribution in [0.5, 0.6) is 0 Å². The van der Waals surface area contributed by atoms with Crippen molar-refractivity contribution in [1.82, 2.24) is 9.88 Å². The highest BCUT2D eigenvalue weighted by Crippen LogP contribution is 2.42. The molecule has 10 heteroatoms. The van der Waals surface area contributed by atoms with Crippen LogP contribution in [0.2, 0.25) is 5.02 Å². The first-order chi connectivity index (χ1) is 15.5. The van der Waals surface area contributed by atoms with Crippen LogP contribution in [0.3, 0.4) is 0 Å². The van der Waals surface area contributed by atoms with Gasteiger partial charge in [0.1, 0.15) is 27.6 Å². The van der Waals surface area contributed by atoms with Crippen LogP contribution in [0.25, 0.3) is 0 Å². The van der Waals surface area contributed by atoms with E-state index in [1.165, 1.54) is 30.5 Å². The fraction of sp³-hybridized carbons (Fsp3) is 0.435. The van der Waals surface area contributed by atoms with Crippen molar-refractivity contribution in [3.63, 3.8) is 0 Å². The van der Waals surface area contributed by atoms with Gasteiger partial charge in [-0.2, -0.15) is 0 Å². The predicted octanol–water partition coefficient (Wildman–Crippen LogP) is 2.76. The highest BCUT2D eigenvalue weighted by Gasteiger charge is 2.55. The minimum Gasteiger partial charge on any atom is -0.386 e. The van der Waals surface area contributed by atoms with Crippen LogP contribution in [0.4, 0.5) is 4.39 Å². The van der Waals surface area contributed by atoms with Crippen LogP contribution < -0.4 is 5.73 Å². The van der Waals surface area contributed by atoms with Crippen LogP contribution in [-0.4, -0.2) is 60.6 Å². The van der Waals surface area contributed by atoms with Crippen molar-refractivity contribution in [3.8, 4) is 0 Å². The number of nitrogens with zero attached hydrogens (tertiary/aromatic N) is 3. The van der Waals surface area contributed by atoms with Gasteiger partial charge in [0, 0.05) is 18.2 Å². The average molecular weight is 493 g/mol. The third-order valence-electron chi connectivity index (χ3n) is 6.68. The number of ketones is 1. The molecule has 2 aliphatic heterocycles. The molecule has 0 saturated carbocycles. The zero-order valence-electron chi connectivity index (χ0n) is 18.5. The van der Waals surface area contributed by atoms with Crippen molar-refractivity contribution < 1.29 is 17.6 Å². The zero-order chi connectivity index (χ0) is 24.0. The number of pyridine rings is 1. The minimum absolute atomic E-state index is 0.0276.